The standard InChI is InChI=1S/C51H89N3O5/c1-4-6-8-10-12-14-16-17-18-19-20-21-23-25-27-32-48(51(57)52-40-39-46-33-35-47(58-3)36-34-46)54(44-31-43-53-41-28-29-42-53)49(55)37-38-50(56)59-45-30-26-24-22-15-13-11-9-7-5-2/h17-18,33-36,48H,4-16,19-32,37-45H2,1-3H3,(H,52,57)/b18-17-. The lowest BCUT2D eigenvalue weighted by atomic mass is 10.0. The van der Waals surface area contributed by atoms with E-state index >= 15 is 0 Å². The minimum atomic E-state index is -0.551. The third-order valence-corrected chi connectivity index (χ3v) is 12.0. The molecule has 1 aliphatic heterocycles. The normalized spacial score (nSPS) is 13.5. The van der Waals surface area contributed by atoms with Gasteiger partial charge in [0.15, 0.2) is 0 Å². The zero-order valence-electron chi connectivity index (χ0n) is 38.4. The number of likely N-dealkylation sites (tertiary alicyclic amines) is 1. The van der Waals surface area contributed by atoms with Crippen LogP contribution in [0.5, 0.6) is 5.75 Å². The summed E-state index contributed by atoms with van der Waals surface area (Å²) in [5.41, 5.74) is 1.12. The summed E-state index contributed by atoms with van der Waals surface area (Å²) in [4.78, 5) is 45.1. The summed E-state index contributed by atoms with van der Waals surface area (Å²) in [5, 5.41) is 3.18. The molecule has 1 aromatic carbocycles. The minimum Gasteiger partial charge on any atom is -0.497 e. The zero-order chi connectivity index (χ0) is 42.4. The van der Waals surface area contributed by atoms with E-state index in [1.165, 1.54) is 122 Å². The Hall–Kier alpha value is -2.87. The highest BCUT2D eigenvalue weighted by Gasteiger charge is 2.29. The molecule has 0 radical (unpaired) electrons. The van der Waals surface area contributed by atoms with Gasteiger partial charge in [-0.05, 0) is 102 Å². The quantitative estimate of drug-likeness (QED) is 0.0404. The highest BCUT2D eigenvalue weighted by molar-refractivity contribution is 5.89. The molecule has 1 atom stereocenters. The monoisotopic (exact) mass is 824 g/mol. The molecule has 2 rings (SSSR count). The number of carbonyl (C=O) groups excluding carboxylic acids is 3. The molecule has 1 aromatic rings. The average molecular weight is 824 g/mol. The topological polar surface area (TPSA) is 88.2 Å². The molecule has 1 saturated heterocycles. The Labute approximate surface area is 362 Å². The summed E-state index contributed by atoms with van der Waals surface area (Å²) in [6.07, 6.45) is 37.5. The van der Waals surface area contributed by atoms with Gasteiger partial charge in [0, 0.05) is 19.5 Å². The third-order valence-electron chi connectivity index (χ3n) is 12.0. The molecule has 0 aromatic heterocycles. The average Bonchev–Trinajstić information content (AvgIpc) is 3.77. The van der Waals surface area contributed by atoms with Gasteiger partial charge in [-0.3, -0.25) is 14.4 Å². The Morgan fingerprint density at radius 2 is 1.24 bits per heavy atom. The summed E-state index contributed by atoms with van der Waals surface area (Å²) in [6, 6.07) is 7.38. The van der Waals surface area contributed by atoms with Crippen molar-refractivity contribution in [2.24, 2.45) is 0 Å². The Balaban J connectivity index is 1.90. The second-order valence-corrected chi connectivity index (χ2v) is 17.2. The smallest absolute Gasteiger partial charge is 0.306 e. The molecule has 8 nitrogen and oxygen atoms in total. The van der Waals surface area contributed by atoms with Crippen LogP contribution in [-0.4, -0.2) is 80.1 Å². The number of unbranched alkanes of at least 4 members (excludes halogenated alkanes) is 20. The number of nitrogens with one attached hydrogen (secondary N) is 1. The molecule has 1 heterocycles. The number of rotatable bonds is 39. The van der Waals surface area contributed by atoms with Gasteiger partial charge in [0.25, 0.3) is 0 Å². The van der Waals surface area contributed by atoms with Crippen molar-refractivity contribution in [2.45, 2.75) is 213 Å². The first-order valence-corrected chi connectivity index (χ1v) is 24.7. The van der Waals surface area contributed by atoms with Crippen molar-refractivity contribution in [1.29, 1.82) is 0 Å². The van der Waals surface area contributed by atoms with Gasteiger partial charge in [0.2, 0.25) is 11.8 Å². The molecule has 1 aliphatic rings. The summed E-state index contributed by atoms with van der Waals surface area (Å²) in [7, 11) is 1.66. The van der Waals surface area contributed by atoms with E-state index in [9.17, 15) is 14.4 Å². The molecule has 338 valence electrons. The van der Waals surface area contributed by atoms with Gasteiger partial charge in [0.1, 0.15) is 11.8 Å². The van der Waals surface area contributed by atoms with Crippen LogP contribution in [-0.2, 0) is 25.5 Å². The van der Waals surface area contributed by atoms with E-state index in [1.54, 1.807) is 7.11 Å². The lowest BCUT2D eigenvalue weighted by molar-refractivity contribution is -0.147. The fourth-order valence-electron chi connectivity index (χ4n) is 8.20. The molecule has 1 N–H and O–H groups in total. The number of carbonyl (C=O) groups is 3. The second-order valence-electron chi connectivity index (χ2n) is 17.2. The molecular weight excluding hydrogens is 735 g/mol. The van der Waals surface area contributed by atoms with Gasteiger partial charge in [-0.2, -0.15) is 0 Å². The molecular formula is C51H89N3O5. The number of hydrogen-bond acceptors (Lipinski definition) is 6. The van der Waals surface area contributed by atoms with E-state index in [0.717, 1.165) is 75.9 Å². The van der Waals surface area contributed by atoms with Gasteiger partial charge >= 0.3 is 5.97 Å². The van der Waals surface area contributed by atoms with Crippen LogP contribution in [0.2, 0.25) is 0 Å². The van der Waals surface area contributed by atoms with Crippen molar-refractivity contribution in [1.82, 2.24) is 15.1 Å². The van der Waals surface area contributed by atoms with Crippen molar-refractivity contribution in [3.8, 4) is 5.75 Å². The SMILES string of the molecule is CCCCCCCC/C=C\CCCCCCCC(C(=O)NCCc1ccc(OC)cc1)N(CCCN1CCCC1)C(=O)CCC(=O)OCCCCCCCCCCCC. The molecule has 0 spiro atoms. The highest BCUT2D eigenvalue weighted by Crippen LogP contribution is 2.18. The van der Waals surface area contributed by atoms with Gasteiger partial charge in [-0.1, -0.05) is 154 Å². The van der Waals surface area contributed by atoms with Crippen LogP contribution in [0.3, 0.4) is 0 Å². The first-order chi connectivity index (χ1) is 29.0. The van der Waals surface area contributed by atoms with Crippen LogP contribution in [0.1, 0.15) is 206 Å². The second kappa shape index (κ2) is 36.9. The third kappa shape index (κ3) is 27.6. The van der Waals surface area contributed by atoms with E-state index in [4.69, 9.17) is 9.47 Å². The summed E-state index contributed by atoms with van der Waals surface area (Å²) in [5.74, 6) is 0.282. The predicted molar refractivity (Wildman–Crippen MR) is 247 cm³/mol. The number of esters is 1. The van der Waals surface area contributed by atoms with Gasteiger partial charge in [-0.15, -0.1) is 0 Å². The van der Waals surface area contributed by atoms with E-state index < -0.39 is 6.04 Å². The Morgan fingerprint density at radius 3 is 1.81 bits per heavy atom. The van der Waals surface area contributed by atoms with Crippen molar-refractivity contribution in [3.05, 3.63) is 42.0 Å². The van der Waals surface area contributed by atoms with Gasteiger partial charge in [-0.25, -0.2) is 0 Å². The van der Waals surface area contributed by atoms with Crippen molar-refractivity contribution in [3.63, 3.8) is 0 Å². The molecule has 0 bridgehead atoms. The maximum atomic E-state index is 14.0. The Bertz CT molecular complexity index is 1200. The van der Waals surface area contributed by atoms with Crippen LogP contribution in [0, 0.1) is 0 Å². The molecule has 0 saturated carbocycles. The minimum absolute atomic E-state index is 0.0540. The summed E-state index contributed by atoms with van der Waals surface area (Å²) >= 11 is 0. The molecule has 1 unspecified atom stereocenters. The van der Waals surface area contributed by atoms with Crippen LogP contribution >= 0.6 is 0 Å². The first kappa shape index (κ1) is 52.3. The van der Waals surface area contributed by atoms with E-state index in [-0.39, 0.29) is 30.6 Å². The van der Waals surface area contributed by atoms with Crippen LogP contribution in [0.15, 0.2) is 36.4 Å². The number of allylic oxidation sites excluding steroid dienone is 2. The Kier molecular flexibility index (Phi) is 32.7. The van der Waals surface area contributed by atoms with Crippen molar-refractivity contribution < 1.29 is 23.9 Å². The molecule has 0 aliphatic carbocycles. The van der Waals surface area contributed by atoms with Crippen LogP contribution in [0.25, 0.3) is 0 Å². The summed E-state index contributed by atoms with van der Waals surface area (Å²) < 4.78 is 10.9. The largest absolute Gasteiger partial charge is 0.497 e. The summed E-state index contributed by atoms with van der Waals surface area (Å²) in [6.45, 7) is 9.07. The zero-order valence-corrected chi connectivity index (χ0v) is 38.4. The van der Waals surface area contributed by atoms with Gasteiger partial charge < -0.3 is 24.6 Å². The molecule has 59 heavy (non-hydrogen) atoms. The number of hydrogen-bond donors (Lipinski definition) is 1. The predicted octanol–water partition coefficient (Wildman–Crippen LogP) is 12.3. The first-order valence-electron chi connectivity index (χ1n) is 24.7. The molecule has 2 amide bonds. The fraction of sp³-hybridized carbons (Fsp3) is 0.784. The lowest BCUT2D eigenvalue weighted by Gasteiger charge is -2.32. The number of nitrogens with zero attached hydrogens (tertiary/aromatic N) is 2. The Morgan fingerprint density at radius 1 is 0.695 bits per heavy atom. The lowest BCUT2D eigenvalue weighted by Crippen LogP contribution is -2.50. The van der Waals surface area contributed by atoms with Crippen LogP contribution in [0.4, 0.5) is 0 Å². The molecule has 1 fully saturated rings. The van der Waals surface area contributed by atoms with Crippen molar-refractivity contribution >= 4 is 17.8 Å². The molecule has 8 heteroatoms. The van der Waals surface area contributed by atoms with Crippen molar-refractivity contribution in [2.75, 3.05) is 46.4 Å². The number of amides is 2. The number of benzene rings is 1. The van der Waals surface area contributed by atoms with Gasteiger partial charge in [0.05, 0.1) is 20.1 Å². The van der Waals surface area contributed by atoms with E-state index in [2.05, 4.69) is 36.2 Å². The fourth-order valence-corrected chi connectivity index (χ4v) is 8.20. The number of methoxy groups -OCH3 is 1. The number of ether oxygens (including phenoxy) is 2. The maximum absolute atomic E-state index is 14.0. The van der Waals surface area contributed by atoms with E-state index in [1.807, 2.05) is 29.2 Å². The maximum Gasteiger partial charge on any atom is 0.306 e. The van der Waals surface area contributed by atoms with Crippen LogP contribution < -0.4 is 10.1 Å². The highest BCUT2D eigenvalue weighted by atomic mass is 16.5. The van der Waals surface area contributed by atoms with E-state index in [0.29, 0.717) is 32.5 Å².